The Morgan fingerprint density at radius 3 is 2.94 bits per heavy atom. The van der Waals surface area contributed by atoms with Crippen LogP contribution < -0.4 is 0 Å². The molecule has 0 bridgehead atoms. The first-order valence-electron chi connectivity index (χ1n) is 6.17. The zero-order valence-electron chi connectivity index (χ0n) is 10.6. The van der Waals surface area contributed by atoms with Gasteiger partial charge in [-0.15, -0.1) is 0 Å². The summed E-state index contributed by atoms with van der Waals surface area (Å²) in [6.45, 7) is 8.72. The van der Waals surface area contributed by atoms with Gasteiger partial charge in [0.2, 0.25) is 0 Å². The lowest BCUT2D eigenvalue weighted by molar-refractivity contribution is 0.0854. The molecule has 4 heteroatoms. The molecule has 0 spiro atoms. The van der Waals surface area contributed by atoms with Gasteiger partial charge in [0.25, 0.3) is 0 Å². The fourth-order valence-corrected chi connectivity index (χ4v) is 2.78. The maximum absolute atomic E-state index is 5.74. The van der Waals surface area contributed by atoms with Crippen molar-refractivity contribution in [2.24, 2.45) is 0 Å². The fourth-order valence-electron chi connectivity index (χ4n) is 2.02. The van der Waals surface area contributed by atoms with Gasteiger partial charge in [-0.3, -0.25) is 0 Å². The summed E-state index contributed by atoms with van der Waals surface area (Å²) in [4.78, 5) is 4.42. The van der Waals surface area contributed by atoms with Crippen molar-refractivity contribution in [3.05, 3.63) is 17.7 Å². The second-order valence-corrected chi connectivity index (χ2v) is 11.4. The van der Waals surface area contributed by atoms with Gasteiger partial charge in [0, 0.05) is 20.4 Å². The number of fused-ring (bicyclic) bond motifs is 1. The molecule has 0 aliphatic heterocycles. The molecule has 1 heterocycles. The Morgan fingerprint density at radius 1 is 1.38 bits per heavy atom. The van der Waals surface area contributed by atoms with E-state index in [4.69, 9.17) is 4.74 Å². The summed E-state index contributed by atoms with van der Waals surface area (Å²) in [6.07, 6.45) is 5.51. The summed E-state index contributed by atoms with van der Waals surface area (Å²) in [5.74, 6) is 0. The van der Waals surface area contributed by atoms with Crippen LogP contribution in [-0.2, 0) is 24.3 Å². The molecule has 0 amide bonds. The highest BCUT2D eigenvalue weighted by Gasteiger charge is 2.17. The number of ether oxygens (including phenoxy) is 1. The molecule has 0 saturated heterocycles. The third-order valence-corrected chi connectivity index (χ3v) is 4.79. The minimum Gasteiger partial charge on any atom is -0.361 e. The van der Waals surface area contributed by atoms with Crippen molar-refractivity contribution < 1.29 is 4.74 Å². The number of aryl methyl sites for hydroxylation is 1. The molecule has 0 fully saturated rings. The number of imidazole rings is 1. The molecular weight excluding hydrogens is 216 g/mol. The van der Waals surface area contributed by atoms with Gasteiger partial charge in [0.1, 0.15) is 6.73 Å². The predicted molar refractivity (Wildman–Crippen MR) is 68.4 cm³/mol. The van der Waals surface area contributed by atoms with Gasteiger partial charge in [-0.1, -0.05) is 19.6 Å². The van der Waals surface area contributed by atoms with Crippen LogP contribution in [0.15, 0.2) is 6.33 Å². The number of nitrogens with zero attached hydrogens (tertiary/aromatic N) is 2. The number of hydrogen-bond donors (Lipinski definition) is 0. The Kier molecular flexibility index (Phi) is 3.49. The summed E-state index contributed by atoms with van der Waals surface area (Å²) in [5.41, 5.74) is 2.68. The zero-order chi connectivity index (χ0) is 11.6. The molecule has 0 radical (unpaired) electrons. The van der Waals surface area contributed by atoms with Crippen molar-refractivity contribution in [3.63, 3.8) is 0 Å². The van der Waals surface area contributed by atoms with Crippen molar-refractivity contribution in [3.8, 4) is 0 Å². The van der Waals surface area contributed by atoms with Crippen molar-refractivity contribution in [1.29, 1.82) is 0 Å². The normalized spacial score (nSPS) is 15.4. The molecule has 0 saturated carbocycles. The molecular formula is C12H22N2OSi. The lowest BCUT2D eigenvalue weighted by atomic mass is 10.4. The van der Waals surface area contributed by atoms with Gasteiger partial charge in [0.15, 0.2) is 0 Å². The van der Waals surface area contributed by atoms with Gasteiger partial charge in [-0.2, -0.15) is 0 Å². The highest BCUT2D eigenvalue weighted by molar-refractivity contribution is 6.76. The Balaban J connectivity index is 1.78. The van der Waals surface area contributed by atoms with E-state index >= 15 is 0 Å². The van der Waals surface area contributed by atoms with E-state index < -0.39 is 8.07 Å². The van der Waals surface area contributed by atoms with E-state index in [0.29, 0.717) is 6.73 Å². The summed E-state index contributed by atoms with van der Waals surface area (Å²) >= 11 is 0. The number of hydrogen-bond acceptors (Lipinski definition) is 2. The van der Waals surface area contributed by atoms with E-state index in [1.165, 1.54) is 30.3 Å². The van der Waals surface area contributed by atoms with Crippen molar-refractivity contribution in [2.45, 2.75) is 51.7 Å². The van der Waals surface area contributed by atoms with Crippen LogP contribution in [0.2, 0.25) is 25.7 Å². The maximum Gasteiger partial charge on any atom is 0.123 e. The molecule has 0 N–H and O–H groups in total. The summed E-state index contributed by atoms with van der Waals surface area (Å²) in [7, 11) is -0.950. The monoisotopic (exact) mass is 238 g/mol. The third-order valence-electron chi connectivity index (χ3n) is 3.09. The topological polar surface area (TPSA) is 27.1 Å². The summed E-state index contributed by atoms with van der Waals surface area (Å²) in [6, 6.07) is 1.24. The second-order valence-electron chi connectivity index (χ2n) is 5.81. The van der Waals surface area contributed by atoms with Crippen LogP contribution in [0.3, 0.4) is 0 Å². The van der Waals surface area contributed by atoms with Crippen LogP contribution in [0.25, 0.3) is 0 Å². The van der Waals surface area contributed by atoms with E-state index in [2.05, 4.69) is 29.2 Å². The van der Waals surface area contributed by atoms with E-state index in [9.17, 15) is 0 Å². The highest BCUT2D eigenvalue weighted by atomic mass is 28.3. The molecule has 1 aromatic heterocycles. The summed E-state index contributed by atoms with van der Waals surface area (Å²) < 4.78 is 7.91. The fraction of sp³-hybridized carbons (Fsp3) is 0.750. The van der Waals surface area contributed by atoms with E-state index in [0.717, 1.165) is 13.0 Å². The third kappa shape index (κ3) is 2.95. The minimum atomic E-state index is -0.950. The molecule has 90 valence electrons. The minimum absolute atomic E-state index is 0.687. The Bertz CT molecular complexity index is 354. The Labute approximate surface area is 98.8 Å². The first kappa shape index (κ1) is 11.9. The smallest absolute Gasteiger partial charge is 0.123 e. The van der Waals surface area contributed by atoms with Crippen molar-refractivity contribution in [1.82, 2.24) is 9.55 Å². The molecule has 3 nitrogen and oxygen atoms in total. The van der Waals surface area contributed by atoms with E-state index in [-0.39, 0.29) is 0 Å². The van der Waals surface area contributed by atoms with Crippen LogP contribution in [0.1, 0.15) is 17.8 Å². The maximum atomic E-state index is 5.74. The number of rotatable bonds is 5. The molecule has 16 heavy (non-hydrogen) atoms. The lowest BCUT2D eigenvalue weighted by Crippen LogP contribution is -2.22. The zero-order valence-corrected chi connectivity index (χ0v) is 11.6. The SMILES string of the molecule is C[Si](C)(C)CCOCn1cnc2c1CCC2. The average molecular weight is 238 g/mol. The van der Waals surface area contributed by atoms with E-state index in [1.807, 2.05) is 6.33 Å². The Morgan fingerprint density at radius 2 is 2.19 bits per heavy atom. The van der Waals surface area contributed by atoms with Gasteiger partial charge in [-0.25, -0.2) is 4.98 Å². The first-order chi connectivity index (χ1) is 7.56. The molecule has 1 aliphatic rings. The van der Waals surface area contributed by atoms with Crippen molar-refractivity contribution >= 4 is 8.07 Å². The summed E-state index contributed by atoms with van der Waals surface area (Å²) in [5, 5.41) is 0. The largest absolute Gasteiger partial charge is 0.361 e. The van der Waals surface area contributed by atoms with Crippen LogP contribution >= 0.6 is 0 Å². The van der Waals surface area contributed by atoms with Crippen LogP contribution in [-0.4, -0.2) is 24.2 Å². The molecule has 1 aromatic rings. The lowest BCUT2D eigenvalue weighted by Gasteiger charge is -2.15. The highest BCUT2D eigenvalue weighted by Crippen LogP contribution is 2.20. The molecule has 0 atom stereocenters. The van der Waals surface area contributed by atoms with Gasteiger partial charge in [-0.05, 0) is 25.3 Å². The first-order valence-corrected chi connectivity index (χ1v) is 9.87. The Hall–Kier alpha value is -0.613. The van der Waals surface area contributed by atoms with Gasteiger partial charge in [0.05, 0.1) is 12.0 Å². The molecule has 2 rings (SSSR count). The molecule has 0 unspecified atom stereocenters. The van der Waals surface area contributed by atoms with Crippen LogP contribution in [0.5, 0.6) is 0 Å². The van der Waals surface area contributed by atoms with Gasteiger partial charge >= 0.3 is 0 Å². The predicted octanol–water partition coefficient (Wildman–Crippen LogP) is 2.68. The molecule has 1 aliphatic carbocycles. The van der Waals surface area contributed by atoms with Crippen molar-refractivity contribution in [2.75, 3.05) is 6.61 Å². The quantitative estimate of drug-likeness (QED) is 0.582. The molecule has 0 aromatic carbocycles. The standard InChI is InChI=1S/C12H22N2OSi/c1-16(2,3)8-7-15-10-14-9-13-11-5-4-6-12(11)14/h9H,4-8,10H2,1-3H3. The second kappa shape index (κ2) is 4.71. The van der Waals surface area contributed by atoms with Crippen LogP contribution in [0.4, 0.5) is 0 Å². The van der Waals surface area contributed by atoms with Gasteiger partial charge < -0.3 is 9.30 Å². The van der Waals surface area contributed by atoms with E-state index in [1.54, 1.807) is 0 Å². The van der Waals surface area contributed by atoms with Crippen LogP contribution in [0, 0.1) is 0 Å². The number of aromatic nitrogens is 2. The average Bonchev–Trinajstić information content (AvgIpc) is 2.73.